The number of rotatable bonds is 8. The molecule has 12 rings (SSSR count). The molecule has 0 aliphatic rings. The molecule has 0 N–H and O–H groups in total. The number of para-hydroxylation sites is 5. The zero-order chi connectivity index (χ0) is 41.7. The molecule has 0 saturated carbocycles. The first-order valence-electron chi connectivity index (χ1n) is 21.5. The first kappa shape index (κ1) is 36.5. The predicted octanol–water partition coefficient (Wildman–Crippen LogP) is 16.8. The SMILES string of the molecule is c1ccc(-c2ccc(-c3ccccc3-n3c4ccccc4c4ccc(N(c5ccc(-c6ccccc6)cc5)c5ccccc5-c5cccc6c5oc5ccccc56)cc43)cc2)cc1. The number of nitrogens with zero attached hydrogens (tertiary/aromatic N) is 2. The van der Waals surface area contributed by atoms with Crippen molar-refractivity contribution in [1.29, 1.82) is 0 Å². The van der Waals surface area contributed by atoms with Gasteiger partial charge in [-0.3, -0.25) is 0 Å². The summed E-state index contributed by atoms with van der Waals surface area (Å²) in [6, 6.07) is 87.1. The van der Waals surface area contributed by atoms with Crippen LogP contribution < -0.4 is 4.90 Å². The van der Waals surface area contributed by atoms with Gasteiger partial charge in [-0.1, -0.05) is 194 Å². The zero-order valence-electron chi connectivity index (χ0n) is 34.4. The molecule has 0 bridgehead atoms. The minimum absolute atomic E-state index is 0.884. The fourth-order valence-electron chi connectivity index (χ4n) is 9.46. The van der Waals surface area contributed by atoms with E-state index in [2.05, 4.69) is 246 Å². The first-order chi connectivity index (χ1) is 31.3. The molecule has 3 nitrogen and oxygen atoms in total. The summed E-state index contributed by atoms with van der Waals surface area (Å²) in [5.41, 5.74) is 17.6. The Balaban J connectivity index is 1.07. The van der Waals surface area contributed by atoms with Gasteiger partial charge in [0.15, 0.2) is 0 Å². The maximum absolute atomic E-state index is 6.66. The number of fused-ring (bicyclic) bond motifs is 6. The Hall–Kier alpha value is -8.40. The van der Waals surface area contributed by atoms with Gasteiger partial charge in [0.2, 0.25) is 0 Å². The van der Waals surface area contributed by atoms with Crippen molar-refractivity contribution in [3.05, 3.63) is 243 Å². The summed E-state index contributed by atoms with van der Waals surface area (Å²) in [6.45, 7) is 0. The maximum Gasteiger partial charge on any atom is 0.143 e. The van der Waals surface area contributed by atoms with Crippen LogP contribution in [0.5, 0.6) is 0 Å². The molecule has 0 spiro atoms. The number of furan rings is 1. The second-order valence-electron chi connectivity index (χ2n) is 16.1. The summed E-state index contributed by atoms with van der Waals surface area (Å²) >= 11 is 0. The average Bonchev–Trinajstić information content (AvgIpc) is 3.91. The van der Waals surface area contributed by atoms with Gasteiger partial charge in [-0.2, -0.15) is 0 Å². The van der Waals surface area contributed by atoms with Gasteiger partial charge in [-0.15, -0.1) is 0 Å². The molecule has 2 heterocycles. The molecule has 0 atom stereocenters. The molecule has 63 heavy (non-hydrogen) atoms. The highest BCUT2D eigenvalue weighted by Crippen LogP contribution is 2.46. The smallest absolute Gasteiger partial charge is 0.143 e. The first-order valence-corrected chi connectivity index (χ1v) is 21.5. The van der Waals surface area contributed by atoms with Crippen molar-refractivity contribution < 1.29 is 4.42 Å². The van der Waals surface area contributed by atoms with Crippen LogP contribution in [0, 0.1) is 0 Å². The van der Waals surface area contributed by atoms with Crippen molar-refractivity contribution in [2.24, 2.45) is 0 Å². The van der Waals surface area contributed by atoms with Crippen LogP contribution in [0.25, 0.3) is 93.9 Å². The van der Waals surface area contributed by atoms with E-state index in [1.807, 2.05) is 6.07 Å². The third-order valence-corrected chi connectivity index (χ3v) is 12.4. The second-order valence-corrected chi connectivity index (χ2v) is 16.1. The van der Waals surface area contributed by atoms with Gasteiger partial charge in [0.1, 0.15) is 11.2 Å². The molecule has 0 unspecified atom stereocenters. The Morgan fingerprint density at radius 2 is 0.841 bits per heavy atom. The van der Waals surface area contributed by atoms with Gasteiger partial charge >= 0.3 is 0 Å². The van der Waals surface area contributed by atoms with Crippen LogP contribution in [-0.2, 0) is 0 Å². The van der Waals surface area contributed by atoms with Crippen LogP contribution in [0.15, 0.2) is 247 Å². The molecular weight excluding hydrogens is 765 g/mol. The molecule has 0 saturated heterocycles. The highest BCUT2D eigenvalue weighted by molar-refractivity contribution is 6.12. The van der Waals surface area contributed by atoms with E-state index in [0.717, 1.165) is 66.8 Å². The number of aromatic nitrogens is 1. The fraction of sp³-hybridized carbons (Fsp3) is 0. The minimum atomic E-state index is 0.884. The summed E-state index contributed by atoms with van der Waals surface area (Å²) in [5.74, 6) is 0. The zero-order valence-corrected chi connectivity index (χ0v) is 34.4. The van der Waals surface area contributed by atoms with Crippen molar-refractivity contribution in [3.8, 4) is 50.2 Å². The molecule has 12 aromatic rings. The van der Waals surface area contributed by atoms with Gasteiger partial charge in [-0.05, 0) is 76.3 Å². The van der Waals surface area contributed by atoms with E-state index in [4.69, 9.17) is 4.42 Å². The lowest BCUT2D eigenvalue weighted by atomic mass is 9.98. The molecule has 10 aromatic carbocycles. The highest BCUT2D eigenvalue weighted by atomic mass is 16.3. The summed E-state index contributed by atoms with van der Waals surface area (Å²) in [6.07, 6.45) is 0. The van der Waals surface area contributed by atoms with Crippen LogP contribution in [0.3, 0.4) is 0 Å². The lowest BCUT2D eigenvalue weighted by Gasteiger charge is -2.28. The number of hydrogen-bond acceptors (Lipinski definition) is 2. The van der Waals surface area contributed by atoms with Gasteiger partial charge in [0.05, 0.1) is 22.4 Å². The third-order valence-electron chi connectivity index (χ3n) is 12.4. The van der Waals surface area contributed by atoms with Crippen LogP contribution in [0.2, 0.25) is 0 Å². The second kappa shape index (κ2) is 15.3. The van der Waals surface area contributed by atoms with Crippen molar-refractivity contribution in [2.45, 2.75) is 0 Å². The Morgan fingerprint density at radius 3 is 1.60 bits per heavy atom. The lowest BCUT2D eigenvalue weighted by molar-refractivity contribution is 0.670. The molecule has 0 fully saturated rings. The van der Waals surface area contributed by atoms with Crippen LogP contribution >= 0.6 is 0 Å². The number of anilines is 3. The standard InChI is InChI=1S/C60H40N2O/c1-3-16-41(17-4-1)43-30-32-45(33-31-43)48-20-7-11-26-55(48)62-57-28-13-8-21-49(57)51-39-38-47(40-58(51)62)61(46-36-34-44(35-37-46)42-18-5-2-6-19-42)56-27-12-9-22-50(56)53-24-15-25-54-52-23-10-14-29-59(52)63-60(53)54/h1-40H. The molecule has 3 heteroatoms. The van der Waals surface area contributed by atoms with E-state index in [1.165, 1.54) is 44.2 Å². The third kappa shape index (κ3) is 6.29. The van der Waals surface area contributed by atoms with Gasteiger partial charge < -0.3 is 13.9 Å². The Bertz CT molecular complexity index is 3600. The Labute approximate surface area is 366 Å². The number of hydrogen-bond donors (Lipinski definition) is 0. The van der Waals surface area contributed by atoms with Gasteiger partial charge in [-0.25, -0.2) is 0 Å². The Morgan fingerprint density at radius 1 is 0.317 bits per heavy atom. The quantitative estimate of drug-likeness (QED) is 0.153. The van der Waals surface area contributed by atoms with Gasteiger partial charge in [0, 0.05) is 49.6 Å². The Kier molecular flexibility index (Phi) is 8.83. The van der Waals surface area contributed by atoms with E-state index in [9.17, 15) is 0 Å². The van der Waals surface area contributed by atoms with Crippen LogP contribution in [0.1, 0.15) is 0 Å². The summed E-state index contributed by atoms with van der Waals surface area (Å²) in [5, 5.41) is 4.63. The molecular formula is C60H40N2O. The summed E-state index contributed by atoms with van der Waals surface area (Å²) < 4.78 is 9.11. The molecule has 0 aliphatic heterocycles. The van der Waals surface area contributed by atoms with E-state index in [0.29, 0.717) is 0 Å². The van der Waals surface area contributed by atoms with E-state index in [1.54, 1.807) is 0 Å². The fourth-order valence-corrected chi connectivity index (χ4v) is 9.46. The highest BCUT2D eigenvalue weighted by Gasteiger charge is 2.23. The topological polar surface area (TPSA) is 21.3 Å². The number of benzene rings is 10. The predicted molar refractivity (Wildman–Crippen MR) is 264 cm³/mol. The summed E-state index contributed by atoms with van der Waals surface area (Å²) in [7, 11) is 0. The molecule has 0 amide bonds. The maximum atomic E-state index is 6.66. The van der Waals surface area contributed by atoms with E-state index >= 15 is 0 Å². The van der Waals surface area contributed by atoms with E-state index < -0.39 is 0 Å². The largest absolute Gasteiger partial charge is 0.455 e. The van der Waals surface area contributed by atoms with Crippen molar-refractivity contribution >= 4 is 60.8 Å². The van der Waals surface area contributed by atoms with Crippen LogP contribution in [0.4, 0.5) is 17.1 Å². The molecule has 0 aliphatic carbocycles. The lowest BCUT2D eigenvalue weighted by Crippen LogP contribution is -2.11. The van der Waals surface area contributed by atoms with E-state index in [-0.39, 0.29) is 0 Å². The normalized spacial score (nSPS) is 11.5. The van der Waals surface area contributed by atoms with Crippen molar-refractivity contribution in [3.63, 3.8) is 0 Å². The van der Waals surface area contributed by atoms with Crippen LogP contribution in [-0.4, -0.2) is 4.57 Å². The monoisotopic (exact) mass is 804 g/mol. The van der Waals surface area contributed by atoms with Crippen molar-refractivity contribution in [2.75, 3.05) is 4.90 Å². The average molecular weight is 805 g/mol. The van der Waals surface area contributed by atoms with Crippen molar-refractivity contribution in [1.82, 2.24) is 4.57 Å². The molecule has 0 radical (unpaired) electrons. The molecule has 2 aromatic heterocycles. The minimum Gasteiger partial charge on any atom is -0.455 e. The molecule has 296 valence electrons. The van der Waals surface area contributed by atoms with Gasteiger partial charge in [0.25, 0.3) is 0 Å². The summed E-state index contributed by atoms with van der Waals surface area (Å²) in [4.78, 5) is 2.40.